The minimum Gasteiger partial charge on any atom is -0.492 e. The Morgan fingerprint density at radius 1 is 1.17 bits per heavy atom. The highest BCUT2D eigenvalue weighted by Gasteiger charge is 2.39. The monoisotopic (exact) mass is 508 g/mol. The van der Waals surface area contributed by atoms with E-state index in [1.807, 2.05) is 30.3 Å². The highest BCUT2D eigenvalue weighted by molar-refractivity contribution is 5.91. The van der Waals surface area contributed by atoms with Crippen LogP contribution in [0.5, 0.6) is 11.8 Å². The maximum atomic E-state index is 15.4. The van der Waals surface area contributed by atoms with Gasteiger partial charge in [0, 0.05) is 6.54 Å². The number of aromatic hydroxyl groups is 1. The van der Waals surface area contributed by atoms with E-state index in [1.165, 1.54) is 4.57 Å². The van der Waals surface area contributed by atoms with Crippen LogP contribution in [0.15, 0.2) is 41.3 Å². The van der Waals surface area contributed by atoms with Gasteiger partial charge in [0.05, 0.1) is 18.2 Å². The molecule has 1 aromatic carbocycles. The average molecular weight is 508 g/mol. The Hall–Kier alpha value is -4.07. The Bertz CT molecular complexity index is 1440. The Balaban J connectivity index is 1.77. The average Bonchev–Trinajstić information content (AvgIpc) is 3.15. The van der Waals surface area contributed by atoms with Crippen molar-refractivity contribution in [2.75, 3.05) is 0 Å². The van der Waals surface area contributed by atoms with Gasteiger partial charge in [-0.1, -0.05) is 30.3 Å². The van der Waals surface area contributed by atoms with Crippen molar-refractivity contribution in [3.8, 4) is 17.6 Å². The number of benzene rings is 1. The molecule has 0 saturated heterocycles. The molecule has 1 atom stereocenters. The van der Waals surface area contributed by atoms with Gasteiger partial charge < -0.3 is 14.6 Å². The van der Waals surface area contributed by atoms with Gasteiger partial charge in [-0.05, 0) is 19.4 Å². The number of rotatable bonds is 8. The number of hydrogen-bond donors (Lipinski definition) is 1. The molecule has 3 heterocycles. The fourth-order valence-electron chi connectivity index (χ4n) is 3.37. The van der Waals surface area contributed by atoms with Crippen molar-refractivity contribution >= 4 is 10.8 Å². The van der Waals surface area contributed by atoms with Crippen molar-refractivity contribution < 1.29 is 32.1 Å². The molecule has 10 nitrogen and oxygen atoms in total. The van der Waals surface area contributed by atoms with Crippen molar-refractivity contribution in [1.29, 1.82) is 0 Å². The van der Waals surface area contributed by atoms with Crippen LogP contribution in [0.25, 0.3) is 16.6 Å². The van der Waals surface area contributed by atoms with Crippen molar-refractivity contribution in [3.05, 3.63) is 64.2 Å². The van der Waals surface area contributed by atoms with Crippen LogP contribution in [0, 0.1) is 5.82 Å². The van der Waals surface area contributed by atoms with Crippen LogP contribution in [0.3, 0.4) is 0 Å². The highest BCUT2D eigenvalue weighted by Crippen LogP contribution is 2.35. The molecule has 0 radical (unpaired) electrons. The standard InChI is InChI=1S/C22H20F4N6O4/c1-3-31-15(11-35-10-13-7-5-4-6-8-13)30-32(21(31)34)18-17(23)14-9-27-29-19(33)16(14)20(28-18)36-12(2)22(24,25)26/h4-9,12H,3,10-11H2,1-2H3,(H,29,33). The maximum absolute atomic E-state index is 15.4. The number of aromatic nitrogens is 6. The van der Waals surface area contributed by atoms with Crippen LogP contribution in [0.2, 0.25) is 0 Å². The van der Waals surface area contributed by atoms with Crippen LogP contribution >= 0.6 is 0 Å². The molecule has 0 bridgehead atoms. The van der Waals surface area contributed by atoms with Gasteiger partial charge in [-0.3, -0.25) is 4.57 Å². The fraction of sp³-hybridized carbons (Fsp3) is 0.318. The van der Waals surface area contributed by atoms with Gasteiger partial charge in [0.25, 0.3) is 0 Å². The zero-order valence-corrected chi connectivity index (χ0v) is 19.0. The van der Waals surface area contributed by atoms with Crippen LogP contribution in [-0.2, 0) is 24.5 Å². The summed E-state index contributed by atoms with van der Waals surface area (Å²) in [5, 5.41) is 19.9. The van der Waals surface area contributed by atoms with Gasteiger partial charge >= 0.3 is 11.9 Å². The summed E-state index contributed by atoms with van der Waals surface area (Å²) in [6.07, 6.45) is -6.29. The molecule has 190 valence electrons. The first-order valence-electron chi connectivity index (χ1n) is 10.7. The number of ether oxygens (including phenoxy) is 2. The van der Waals surface area contributed by atoms with E-state index in [9.17, 15) is 23.1 Å². The molecule has 1 unspecified atom stereocenters. The lowest BCUT2D eigenvalue weighted by molar-refractivity contribution is -0.189. The van der Waals surface area contributed by atoms with E-state index in [4.69, 9.17) is 9.47 Å². The molecule has 0 aliphatic rings. The van der Waals surface area contributed by atoms with E-state index in [2.05, 4.69) is 20.3 Å². The lowest BCUT2D eigenvalue weighted by Gasteiger charge is -2.18. The Morgan fingerprint density at radius 2 is 1.89 bits per heavy atom. The minimum absolute atomic E-state index is 0.110. The number of pyridine rings is 1. The summed E-state index contributed by atoms with van der Waals surface area (Å²) in [6, 6.07) is 9.23. The lowest BCUT2D eigenvalue weighted by atomic mass is 10.2. The summed E-state index contributed by atoms with van der Waals surface area (Å²) in [5.41, 5.74) is 0.0775. The number of alkyl halides is 3. The molecular weight excluding hydrogens is 488 g/mol. The number of halogens is 4. The Kier molecular flexibility index (Phi) is 6.88. The van der Waals surface area contributed by atoms with Gasteiger partial charge in [-0.15, -0.1) is 10.2 Å². The van der Waals surface area contributed by atoms with Crippen molar-refractivity contribution in [3.63, 3.8) is 0 Å². The molecule has 1 N–H and O–H groups in total. The normalized spacial score (nSPS) is 12.7. The first kappa shape index (κ1) is 25.0. The number of fused-ring (bicyclic) bond motifs is 1. The smallest absolute Gasteiger partial charge is 0.425 e. The fourth-order valence-corrected chi connectivity index (χ4v) is 3.37. The second-order valence-corrected chi connectivity index (χ2v) is 7.65. The summed E-state index contributed by atoms with van der Waals surface area (Å²) in [5.74, 6) is -3.45. The number of hydrogen-bond acceptors (Lipinski definition) is 8. The van der Waals surface area contributed by atoms with Gasteiger partial charge in [-0.2, -0.15) is 27.9 Å². The molecule has 0 spiro atoms. The van der Waals surface area contributed by atoms with Gasteiger partial charge in [0.2, 0.25) is 11.8 Å². The van der Waals surface area contributed by atoms with Crippen LogP contribution in [-0.4, -0.2) is 46.9 Å². The van der Waals surface area contributed by atoms with Crippen LogP contribution < -0.4 is 10.4 Å². The zero-order chi connectivity index (χ0) is 26.0. The quantitative estimate of drug-likeness (QED) is 0.361. The van der Waals surface area contributed by atoms with E-state index in [0.29, 0.717) is 11.6 Å². The van der Waals surface area contributed by atoms with E-state index >= 15 is 4.39 Å². The second kappa shape index (κ2) is 9.89. The van der Waals surface area contributed by atoms with E-state index in [0.717, 1.165) is 11.8 Å². The van der Waals surface area contributed by atoms with Crippen molar-refractivity contribution in [2.24, 2.45) is 0 Å². The molecule has 14 heteroatoms. The largest absolute Gasteiger partial charge is 0.492 e. The molecule has 0 amide bonds. The van der Waals surface area contributed by atoms with E-state index in [1.54, 1.807) is 6.92 Å². The summed E-state index contributed by atoms with van der Waals surface area (Å²) in [4.78, 5) is 16.8. The summed E-state index contributed by atoms with van der Waals surface area (Å²) < 4.78 is 67.2. The van der Waals surface area contributed by atoms with Gasteiger partial charge in [0.15, 0.2) is 23.6 Å². The highest BCUT2D eigenvalue weighted by atomic mass is 19.4. The predicted octanol–water partition coefficient (Wildman–Crippen LogP) is 3.28. The lowest BCUT2D eigenvalue weighted by Crippen LogP contribution is -2.32. The molecule has 3 aromatic heterocycles. The molecule has 4 aromatic rings. The molecule has 0 fully saturated rings. The molecule has 0 aliphatic carbocycles. The first-order valence-corrected chi connectivity index (χ1v) is 10.7. The first-order chi connectivity index (χ1) is 17.1. The SMILES string of the molecule is CCn1c(COCc2ccccc2)nn(-c2nc(OC(C)C(F)(F)F)c3c(O)nncc3c2F)c1=O. The molecule has 0 aliphatic heterocycles. The summed E-state index contributed by atoms with van der Waals surface area (Å²) in [6.45, 7) is 2.63. The molecule has 36 heavy (non-hydrogen) atoms. The predicted molar refractivity (Wildman–Crippen MR) is 117 cm³/mol. The van der Waals surface area contributed by atoms with Crippen LogP contribution in [0.4, 0.5) is 17.6 Å². The van der Waals surface area contributed by atoms with Crippen molar-refractivity contribution in [2.45, 2.75) is 45.9 Å². The third-order valence-corrected chi connectivity index (χ3v) is 5.23. The zero-order valence-electron chi connectivity index (χ0n) is 19.0. The number of nitrogens with zero attached hydrogens (tertiary/aromatic N) is 6. The van der Waals surface area contributed by atoms with Crippen LogP contribution in [0.1, 0.15) is 25.2 Å². The van der Waals surface area contributed by atoms with E-state index in [-0.39, 0.29) is 25.6 Å². The topological polar surface area (TPSA) is 117 Å². The van der Waals surface area contributed by atoms with E-state index < -0.39 is 52.1 Å². The third-order valence-electron chi connectivity index (χ3n) is 5.23. The minimum atomic E-state index is -4.79. The maximum Gasteiger partial charge on any atom is 0.425 e. The van der Waals surface area contributed by atoms with Gasteiger partial charge in [-0.25, -0.2) is 9.18 Å². The molecule has 4 rings (SSSR count). The second-order valence-electron chi connectivity index (χ2n) is 7.65. The summed E-state index contributed by atoms with van der Waals surface area (Å²) >= 11 is 0. The van der Waals surface area contributed by atoms with Crippen molar-refractivity contribution in [1.82, 2.24) is 29.5 Å². The third kappa shape index (κ3) is 4.84. The summed E-state index contributed by atoms with van der Waals surface area (Å²) in [7, 11) is 0. The Labute approximate surface area is 200 Å². The Morgan fingerprint density at radius 3 is 2.56 bits per heavy atom. The van der Waals surface area contributed by atoms with Gasteiger partial charge in [0.1, 0.15) is 12.0 Å². The molecular formula is C22H20F4N6O4. The molecule has 0 saturated carbocycles.